The molecule has 2 aromatic rings. The highest BCUT2D eigenvalue weighted by Gasteiger charge is 2.33. The minimum atomic E-state index is -0.616. The van der Waals surface area contributed by atoms with Crippen LogP contribution in [0.2, 0.25) is 0 Å². The molecule has 0 unspecified atom stereocenters. The lowest BCUT2D eigenvalue weighted by Crippen LogP contribution is -2.12. The average molecular weight is 426 g/mol. The first kappa shape index (κ1) is 21.5. The lowest BCUT2D eigenvalue weighted by Gasteiger charge is -2.08. The van der Waals surface area contributed by atoms with Crippen LogP contribution in [-0.2, 0) is 9.53 Å². The molecule has 0 bridgehead atoms. The van der Waals surface area contributed by atoms with E-state index in [9.17, 15) is 9.90 Å². The number of benzene rings is 2. The molecule has 0 atom stereocenters. The summed E-state index contributed by atoms with van der Waals surface area (Å²) in [5, 5.41) is 11.2. The van der Waals surface area contributed by atoms with E-state index >= 15 is 0 Å². The van der Waals surface area contributed by atoms with Gasteiger partial charge in [0.2, 0.25) is 0 Å². The molecule has 1 aliphatic rings. The largest absolute Gasteiger partial charge is 0.506 e. The van der Waals surface area contributed by atoms with Gasteiger partial charge in [0.1, 0.15) is 27.9 Å². The first-order valence-electron chi connectivity index (χ1n) is 9.34. The Kier molecular flexibility index (Phi) is 6.84. The summed E-state index contributed by atoms with van der Waals surface area (Å²) in [5.41, 5.74) is 2.53. The molecule has 1 N–H and O–H groups in total. The van der Waals surface area contributed by atoms with Crippen molar-refractivity contribution in [2.75, 3.05) is 20.8 Å². The number of rotatable bonds is 6. The third-order valence-electron chi connectivity index (χ3n) is 4.36. The standard InChI is InChI=1S/C23H23NO5S/c1-5-29-23(26)20-21(25)19(13-15-12-17(27-3)10-11-18(15)28-4)30-22(20)24-16-8-6-14(2)7-9-16/h6-13,25H,5H2,1-4H3. The minimum Gasteiger partial charge on any atom is -0.506 e. The number of esters is 1. The van der Waals surface area contributed by atoms with Crippen molar-refractivity contribution in [1.82, 2.24) is 0 Å². The van der Waals surface area contributed by atoms with E-state index in [1.165, 1.54) is 11.8 Å². The van der Waals surface area contributed by atoms with Gasteiger partial charge in [0.25, 0.3) is 0 Å². The van der Waals surface area contributed by atoms with Gasteiger partial charge in [-0.1, -0.05) is 29.5 Å². The maximum Gasteiger partial charge on any atom is 0.344 e. The number of hydrogen-bond acceptors (Lipinski definition) is 7. The normalized spacial score (nSPS) is 16.3. The average Bonchev–Trinajstić information content (AvgIpc) is 3.04. The molecule has 1 heterocycles. The molecular formula is C23H23NO5S. The molecule has 156 valence electrons. The summed E-state index contributed by atoms with van der Waals surface area (Å²) in [4.78, 5) is 17.6. The number of methoxy groups -OCH3 is 2. The molecule has 0 saturated carbocycles. The summed E-state index contributed by atoms with van der Waals surface area (Å²) in [5.74, 6) is 0.468. The number of carbonyl (C=O) groups is 1. The van der Waals surface area contributed by atoms with Gasteiger partial charge >= 0.3 is 5.97 Å². The molecule has 0 aromatic heterocycles. The van der Waals surface area contributed by atoms with E-state index in [2.05, 4.69) is 4.99 Å². The SMILES string of the molecule is CCOC(=O)C1=C(O)C(=Cc2cc(OC)ccc2OC)SC1=Nc1ccc(C)cc1. The van der Waals surface area contributed by atoms with Crippen LogP contribution in [0.5, 0.6) is 11.5 Å². The topological polar surface area (TPSA) is 77.4 Å². The van der Waals surface area contributed by atoms with E-state index in [0.29, 0.717) is 32.7 Å². The van der Waals surface area contributed by atoms with Gasteiger partial charge in [-0.05, 0) is 50.3 Å². The molecule has 30 heavy (non-hydrogen) atoms. The molecule has 0 amide bonds. The van der Waals surface area contributed by atoms with Gasteiger partial charge in [-0.15, -0.1) is 0 Å². The predicted molar refractivity (Wildman–Crippen MR) is 120 cm³/mol. The Hall–Kier alpha value is -3.19. The van der Waals surface area contributed by atoms with Crippen LogP contribution in [0.4, 0.5) is 5.69 Å². The number of ether oxygens (including phenoxy) is 3. The van der Waals surface area contributed by atoms with Crippen molar-refractivity contribution in [2.45, 2.75) is 13.8 Å². The lowest BCUT2D eigenvalue weighted by molar-refractivity contribution is -0.138. The Morgan fingerprint density at radius 2 is 1.87 bits per heavy atom. The maximum absolute atomic E-state index is 12.5. The Morgan fingerprint density at radius 3 is 2.50 bits per heavy atom. The molecule has 7 heteroatoms. The zero-order chi connectivity index (χ0) is 21.7. The van der Waals surface area contributed by atoms with E-state index in [-0.39, 0.29) is 17.9 Å². The number of nitrogens with zero attached hydrogens (tertiary/aromatic N) is 1. The van der Waals surface area contributed by atoms with Crippen molar-refractivity contribution in [1.29, 1.82) is 0 Å². The van der Waals surface area contributed by atoms with Crippen molar-refractivity contribution >= 4 is 34.5 Å². The van der Waals surface area contributed by atoms with E-state index < -0.39 is 5.97 Å². The van der Waals surface area contributed by atoms with Crippen LogP contribution >= 0.6 is 11.8 Å². The minimum absolute atomic E-state index is 0.0514. The second-order valence-corrected chi connectivity index (χ2v) is 7.45. The first-order chi connectivity index (χ1) is 14.5. The fourth-order valence-electron chi connectivity index (χ4n) is 2.82. The number of thioether (sulfide) groups is 1. The van der Waals surface area contributed by atoms with Crippen LogP contribution in [0.15, 0.2) is 63.7 Å². The second kappa shape index (κ2) is 9.54. The third kappa shape index (κ3) is 4.68. The van der Waals surface area contributed by atoms with Gasteiger partial charge in [0.15, 0.2) is 0 Å². The smallest absolute Gasteiger partial charge is 0.344 e. The fourth-order valence-corrected chi connectivity index (χ4v) is 3.85. The van der Waals surface area contributed by atoms with Crippen LogP contribution in [0, 0.1) is 6.92 Å². The van der Waals surface area contributed by atoms with Crippen molar-refractivity contribution in [3.05, 3.63) is 69.8 Å². The van der Waals surface area contributed by atoms with Crippen molar-refractivity contribution in [3.63, 3.8) is 0 Å². The summed E-state index contributed by atoms with van der Waals surface area (Å²) in [7, 11) is 3.14. The number of aliphatic hydroxyl groups excluding tert-OH is 1. The van der Waals surface area contributed by atoms with Crippen LogP contribution in [0.3, 0.4) is 0 Å². The monoisotopic (exact) mass is 425 g/mol. The Morgan fingerprint density at radius 1 is 1.13 bits per heavy atom. The van der Waals surface area contributed by atoms with Crippen molar-refractivity contribution < 1.29 is 24.1 Å². The van der Waals surface area contributed by atoms with Crippen LogP contribution in [-0.4, -0.2) is 36.9 Å². The molecule has 3 rings (SSSR count). The molecule has 6 nitrogen and oxygen atoms in total. The van der Waals surface area contributed by atoms with Gasteiger partial charge in [0.05, 0.1) is 31.4 Å². The predicted octanol–water partition coefficient (Wildman–Crippen LogP) is 5.21. The summed E-state index contributed by atoms with van der Waals surface area (Å²) in [6.45, 7) is 3.90. The molecule has 1 aliphatic heterocycles. The third-order valence-corrected chi connectivity index (χ3v) is 5.38. The zero-order valence-corrected chi connectivity index (χ0v) is 18.1. The van der Waals surface area contributed by atoms with Gasteiger partial charge < -0.3 is 19.3 Å². The summed E-state index contributed by atoms with van der Waals surface area (Å²) < 4.78 is 15.8. The molecule has 2 aromatic carbocycles. The number of aliphatic hydroxyl groups is 1. The Bertz CT molecular complexity index is 1040. The molecule has 0 aliphatic carbocycles. The Balaban J connectivity index is 2.08. The van der Waals surface area contributed by atoms with E-state index in [1.54, 1.807) is 45.4 Å². The molecular weight excluding hydrogens is 402 g/mol. The molecule has 0 spiro atoms. The highest BCUT2D eigenvalue weighted by molar-refractivity contribution is 8.18. The van der Waals surface area contributed by atoms with Crippen LogP contribution in [0.25, 0.3) is 6.08 Å². The number of hydrogen-bond donors (Lipinski definition) is 1. The summed E-state index contributed by atoms with van der Waals surface area (Å²) >= 11 is 1.20. The second-order valence-electron chi connectivity index (χ2n) is 6.42. The first-order valence-corrected chi connectivity index (χ1v) is 10.2. The van der Waals surface area contributed by atoms with Crippen LogP contribution < -0.4 is 9.47 Å². The molecule has 0 radical (unpaired) electrons. The molecule has 0 saturated heterocycles. The quantitative estimate of drug-likeness (QED) is 0.641. The van der Waals surface area contributed by atoms with E-state index in [1.807, 2.05) is 31.2 Å². The van der Waals surface area contributed by atoms with E-state index in [0.717, 1.165) is 5.56 Å². The highest BCUT2D eigenvalue weighted by Crippen LogP contribution is 2.41. The molecule has 0 fully saturated rings. The van der Waals surface area contributed by atoms with Gasteiger partial charge in [-0.2, -0.15) is 0 Å². The lowest BCUT2D eigenvalue weighted by atomic mass is 10.1. The van der Waals surface area contributed by atoms with Crippen LogP contribution in [0.1, 0.15) is 18.1 Å². The number of aryl methyl sites for hydroxylation is 1. The number of aliphatic imine (C=N–C) groups is 1. The fraction of sp³-hybridized carbons (Fsp3) is 0.217. The summed E-state index contributed by atoms with van der Waals surface area (Å²) in [6, 6.07) is 12.9. The Labute approximate surface area is 179 Å². The van der Waals surface area contributed by atoms with Gasteiger partial charge in [0, 0.05) is 5.56 Å². The van der Waals surface area contributed by atoms with E-state index in [4.69, 9.17) is 14.2 Å². The van der Waals surface area contributed by atoms with Crippen molar-refractivity contribution in [2.24, 2.45) is 4.99 Å². The van der Waals surface area contributed by atoms with Gasteiger partial charge in [-0.25, -0.2) is 9.79 Å². The maximum atomic E-state index is 12.5. The highest BCUT2D eigenvalue weighted by atomic mass is 32.2. The summed E-state index contributed by atoms with van der Waals surface area (Å²) in [6.07, 6.45) is 1.73. The van der Waals surface area contributed by atoms with Crippen molar-refractivity contribution in [3.8, 4) is 11.5 Å². The van der Waals surface area contributed by atoms with Gasteiger partial charge in [-0.3, -0.25) is 0 Å². The zero-order valence-electron chi connectivity index (χ0n) is 17.3. The number of carbonyl (C=O) groups excluding carboxylic acids is 1.